The zero-order valence-electron chi connectivity index (χ0n) is 10.4. The Kier molecular flexibility index (Phi) is 4.90. The topological polar surface area (TPSA) is 66.5 Å². The van der Waals surface area contributed by atoms with E-state index in [-0.39, 0.29) is 19.4 Å². The first-order valence-electron chi connectivity index (χ1n) is 5.99. The largest absolute Gasteiger partial charge is 0.389 e. The number of urea groups is 1. The van der Waals surface area contributed by atoms with Crippen LogP contribution in [0, 0.1) is 5.92 Å². The molecule has 0 aliphatic carbocycles. The van der Waals surface area contributed by atoms with E-state index in [0.29, 0.717) is 11.3 Å². The monoisotopic (exact) mass is 280 g/mol. The highest BCUT2D eigenvalue weighted by atomic mass is 19.4. The normalized spacial score (nSPS) is 20.7. The van der Waals surface area contributed by atoms with Gasteiger partial charge in [-0.15, -0.1) is 0 Å². The molecular formula is C11H15F3N2O3. The highest BCUT2D eigenvalue weighted by molar-refractivity contribution is 6.16. The van der Waals surface area contributed by atoms with Crippen molar-refractivity contribution in [3.8, 4) is 0 Å². The Balaban J connectivity index is 2.63. The fraction of sp³-hybridized carbons (Fsp3) is 0.727. The average molecular weight is 280 g/mol. The third-order valence-corrected chi connectivity index (χ3v) is 2.78. The van der Waals surface area contributed by atoms with Crippen molar-refractivity contribution in [1.82, 2.24) is 10.2 Å². The summed E-state index contributed by atoms with van der Waals surface area (Å²) >= 11 is 0. The number of carbonyl (C=O) groups excluding carboxylic acids is 3. The van der Waals surface area contributed by atoms with E-state index < -0.39 is 36.4 Å². The zero-order chi connectivity index (χ0) is 14.6. The Bertz CT molecular complexity index is 382. The lowest BCUT2D eigenvalue weighted by atomic mass is 9.99. The highest BCUT2D eigenvalue weighted by Gasteiger charge is 2.39. The smallest absolute Gasteiger partial charge is 0.277 e. The van der Waals surface area contributed by atoms with E-state index in [9.17, 15) is 27.6 Å². The number of barbiturate groups is 1. The van der Waals surface area contributed by atoms with Crippen molar-refractivity contribution in [2.75, 3.05) is 6.54 Å². The molecule has 1 heterocycles. The van der Waals surface area contributed by atoms with Gasteiger partial charge in [-0.05, 0) is 12.8 Å². The van der Waals surface area contributed by atoms with Gasteiger partial charge in [0, 0.05) is 13.0 Å². The molecule has 0 bridgehead atoms. The average Bonchev–Trinajstić information content (AvgIpc) is 2.27. The van der Waals surface area contributed by atoms with Crippen molar-refractivity contribution < 1.29 is 27.6 Å². The first-order valence-corrected chi connectivity index (χ1v) is 5.99. The van der Waals surface area contributed by atoms with Gasteiger partial charge in [-0.2, -0.15) is 13.2 Å². The van der Waals surface area contributed by atoms with Crippen LogP contribution in [-0.4, -0.2) is 35.5 Å². The molecule has 1 unspecified atom stereocenters. The molecule has 0 radical (unpaired) electrons. The van der Waals surface area contributed by atoms with Gasteiger partial charge in [0.05, 0.1) is 0 Å². The van der Waals surface area contributed by atoms with Crippen molar-refractivity contribution >= 4 is 17.8 Å². The van der Waals surface area contributed by atoms with Gasteiger partial charge in [0.25, 0.3) is 0 Å². The van der Waals surface area contributed by atoms with Crippen molar-refractivity contribution in [3.63, 3.8) is 0 Å². The highest BCUT2D eigenvalue weighted by Crippen LogP contribution is 2.22. The lowest BCUT2D eigenvalue weighted by Crippen LogP contribution is -2.58. The van der Waals surface area contributed by atoms with E-state index in [2.05, 4.69) is 0 Å². The summed E-state index contributed by atoms with van der Waals surface area (Å²) in [4.78, 5) is 35.4. The number of carbonyl (C=O) groups is 3. The van der Waals surface area contributed by atoms with E-state index in [1.54, 1.807) is 6.92 Å². The Morgan fingerprint density at radius 3 is 2.42 bits per heavy atom. The molecule has 1 atom stereocenters. The molecule has 1 saturated heterocycles. The van der Waals surface area contributed by atoms with Gasteiger partial charge in [0.15, 0.2) is 0 Å². The van der Waals surface area contributed by atoms with Crippen LogP contribution in [0.15, 0.2) is 0 Å². The van der Waals surface area contributed by atoms with E-state index in [1.165, 1.54) is 0 Å². The fourth-order valence-electron chi connectivity index (χ4n) is 1.85. The maximum absolute atomic E-state index is 12.0. The minimum Gasteiger partial charge on any atom is -0.277 e. The Labute approximate surface area is 108 Å². The summed E-state index contributed by atoms with van der Waals surface area (Å²) in [5.74, 6) is -2.37. The molecule has 1 fully saturated rings. The molecule has 4 amide bonds. The maximum atomic E-state index is 12.0. The molecule has 8 heteroatoms. The summed E-state index contributed by atoms with van der Waals surface area (Å²) in [6.45, 7) is 1.43. The van der Waals surface area contributed by atoms with Gasteiger partial charge >= 0.3 is 12.2 Å². The number of nitrogens with one attached hydrogen (secondary N) is 1. The van der Waals surface area contributed by atoms with Gasteiger partial charge in [0.2, 0.25) is 11.8 Å². The van der Waals surface area contributed by atoms with Crippen LogP contribution < -0.4 is 5.32 Å². The van der Waals surface area contributed by atoms with E-state index in [0.717, 1.165) is 0 Å². The van der Waals surface area contributed by atoms with E-state index in [4.69, 9.17) is 0 Å². The second-order valence-corrected chi connectivity index (χ2v) is 4.34. The van der Waals surface area contributed by atoms with Crippen LogP contribution in [0.5, 0.6) is 0 Å². The van der Waals surface area contributed by atoms with E-state index in [1.807, 2.05) is 5.32 Å². The lowest BCUT2D eigenvalue weighted by Gasteiger charge is -2.30. The Hall–Kier alpha value is -1.60. The van der Waals surface area contributed by atoms with Crippen molar-refractivity contribution in [2.45, 2.75) is 38.8 Å². The summed E-state index contributed by atoms with van der Waals surface area (Å²) in [5.41, 5.74) is 0. The van der Waals surface area contributed by atoms with Gasteiger partial charge in [0.1, 0.15) is 5.92 Å². The molecule has 0 aromatic heterocycles. The number of halogens is 3. The first-order chi connectivity index (χ1) is 8.76. The Morgan fingerprint density at radius 2 is 1.89 bits per heavy atom. The minimum absolute atomic E-state index is 0.272. The summed E-state index contributed by atoms with van der Waals surface area (Å²) < 4.78 is 36.0. The zero-order valence-corrected chi connectivity index (χ0v) is 10.4. The second-order valence-electron chi connectivity index (χ2n) is 4.34. The quantitative estimate of drug-likeness (QED) is 0.781. The summed E-state index contributed by atoms with van der Waals surface area (Å²) in [5, 5.41) is 1.99. The standard InChI is InChI=1S/C11H15F3N2O3/c1-2-4-7-8(17)15-10(19)16(9(7)18)6-3-5-11(12,13)14/h7H,2-6H2,1H3,(H,15,17,19). The molecule has 0 spiro atoms. The maximum Gasteiger partial charge on any atom is 0.389 e. The van der Waals surface area contributed by atoms with Crippen LogP contribution in [-0.2, 0) is 9.59 Å². The van der Waals surface area contributed by atoms with Crippen molar-refractivity contribution in [1.29, 1.82) is 0 Å². The van der Waals surface area contributed by atoms with Crippen LogP contribution in [0.1, 0.15) is 32.6 Å². The van der Waals surface area contributed by atoms with Crippen LogP contribution >= 0.6 is 0 Å². The third-order valence-electron chi connectivity index (χ3n) is 2.78. The van der Waals surface area contributed by atoms with Gasteiger partial charge in [-0.1, -0.05) is 13.3 Å². The number of alkyl halides is 3. The summed E-state index contributed by atoms with van der Waals surface area (Å²) in [7, 11) is 0. The Morgan fingerprint density at radius 1 is 1.26 bits per heavy atom. The number of nitrogens with zero attached hydrogens (tertiary/aromatic N) is 1. The third kappa shape index (κ3) is 4.22. The molecule has 0 saturated carbocycles. The molecule has 5 nitrogen and oxygen atoms in total. The molecule has 1 aliphatic rings. The molecule has 0 aromatic carbocycles. The summed E-state index contributed by atoms with van der Waals surface area (Å²) in [6.07, 6.45) is -4.93. The van der Waals surface area contributed by atoms with Crippen LogP contribution in [0.2, 0.25) is 0 Å². The number of amides is 4. The number of rotatable bonds is 5. The molecule has 1 rings (SSSR count). The number of hydrogen-bond donors (Lipinski definition) is 1. The first kappa shape index (κ1) is 15.5. The van der Waals surface area contributed by atoms with Gasteiger partial charge in [-0.25, -0.2) is 4.79 Å². The lowest BCUT2D eigenvalue weighted by molar-refractivity contribution is -0.146. The molecule has 108 valence electrons. The number of imide groups is 2. The van der Waals surface area contributed by atoms with Crippen molar-refractivity contribution in [2.24, 2.45) is 5.92 Å². The predicted molar refractivity (Wildman–Crippen MR) is 58.9 cm³/mol. The SMILES string of the molecule is CCCC1C(=O)NC(=O)N(CCCC(F)(F)F)C1=O. The molecular weight excluding hydrogens is 265 g/mol. The minimum atomic E-state index is -4.33. The molecule has 19 heavy (non-hydrogen) atoms. The van der Waals surface area contributed by atoms with Crippen molar-refractivity contribution in [3.05, 3.63) is 0 Å². The second kappa shape index (κ2) is 6.03. The van der Waals surface area contributed by atoms with Crippen LogP contribution in [0.4, 0.5) is 18.0 Å². The summed E-state index contributed by atoms with van der Waals surface area (Å²) in [6, 6.07) is -0.940. The molecule has 0 aromatic rings. The fourth-order valence-corrected chi connectivity index (χ4v) is 1.85. The number of hydrogen-bond acceptors (Lipinski definition) is 3. The van der Waals surface area contributed by atoms with Gasteiger partial charge in [-0.3, -0.25) is 19.8 Å². The van der Waals surface area contributed by atoms with E-state index >= 15 is 0 Å². The predicted octanol–water partition coefficient (Wildman–Crippen LogP) is 1.82. The molecule has 1 aliphatic heterocycles. The van der Waals surface area contributed by atoms with Gasteiger partial charge < -0.3 is 0 Å². The van der Waals surface area contributed by atoms with Crippen LogP contribution in [0.25, 0.3) is 0 Å². The molecule has 1 N–H and O–H groups in total. The van der Waals surface area contributed by atoms with Crippen LogP contribution in [0.3, 0.4) is 0 Å².